The zero-order chi connectivity index (χ0) is 25.3. The van der Waals surface area contributed by atoms with Crippen LogP contribution >= 0.6 is 11.6 Å². The summed E-state index contributed by atoms with van der Waals surface area (Å²) >= 11 is 6.20. The van der Waals surface area contributed by atoms with Crippen molar-refractivity contribution in [2.24, 2.45) is 4.99 Å². The molecule has 2 N–H and O–H groups in total. The van der Waals surface area contributed by atoms with Crippen LogP contribution in [0.1, 0.15) is 44.0 Å². The number of likely N-dealkylation sites (tertiary alicyclic amines) is 2. The molecule has 10 heteroatoms. The molecule has 2 atom stereocenters. The van der Waals surface area contributed by atoms with Crippen LogP contribution in [0, 0.1) is 11.2 Å². The van der Waals surface area contributed by atoms with E-state index in [4.69, 9.17) is 21.7 Å². The van der Waals surface area contributed by atoms with E-state index in [-0.39, 0.29) is 36.7 Å². The van der Waals surface area contributed by atoms with E-state index in [9.17, 15) is 13.6 Å². The summed E-state index contributed by atoms with van der Waals surface area (Å²) in [6.45, 7) is 7.62. The molecule has 0 spiro atoms. The molecule has 0 radical (unpaired) electrons. The fraction of sp³-hybridized carbons (Fsp3) is 0.480. The minimum Gasteiger partial charge on any atom is -0.486 e. The Morgan fingerprint density at radius 2 is 2.11 bits per heavy atom. The number of hydrogen-bond acceptors (Lipinski definition) is 6. The van der Waals surface area contributed by atoms with Gasteiger partial charge in [0, 0.05) is 30.4 Å². The number of hydrogen-bond donors (Lipinski definition) is 2. The fourth-order valence-corrected chi connectivity index (χ4v) is 4.67. The van der Waals surface area contributed by atoms with Crippen molar-refractivity contribution in [2.75, 3.05) is 32.7 Å². The Bertz CT molecular complexity index is 1130. The van der Waals surface area contributed by atoms with Crippen molar-refractivity contribution in [3.63, 3.8) is 0 Å². The van der Waals surface area contributed by atoms with Crippen molar-refractivity contribution in [2.45, 2.75) is 45.9 Å². The average molecular weight is 506 g/mol. The third-order valence-corrected chi connectivity index (χ3v) is 6.98. The first-order valence-electron chi connectivity index (χ1n) is 11.8. The van der Waals surface area contributed by atoms with Crippen LogP contribution < -0.4 is 10.1 Å². The molecule has 0 unspecified atom stereocenters. The molecule has 2 fully saturated rings. The van der Waals surface area contributed by atoms with Gasteiger partial charge in [0.1, 0.15) is 29.7 Å². The van der Waals surface area contributed by atoms with Crippen LogP contribution in [-0.4, -0.2) is 72.1 Å². The molecule has 0 saturated carbocycles. The van der Waals surface area contributed by atoms with Crippen LogP contribution in [0.4, 0.5) is 8.78 Å². The predicted molar refractivity (Wildman–Crippen MR) is 133 cm³/mol. The van der Waals surface area contributed by atoms with Gasteiger partial charge in [0.15, 0.2) is 0 Å². The molecule has 35 heavy (non-hydrogen) atoms. The van der Waals surface area contributed by atoms with Gasteiger partial charge in [-0.15, -0.1) is 0 Å². The van der Waals surface area contributed by atoms with Gasteiger partial charge in [-0.2, -0.15) is 0 Å². The summed E-state index contributed by atoms with van der Waals surface area (Å²) in [5.41, 5.74) is 2.32. The lowest BCUT2D eigenvalue weighted by atomic mass is 10.1. The molecule has 1 amide bonds. The van der Waals surface area contributed by atoms with E-state index in [0.29, 0.717) is 35.1 Å². The number of piperidine rings is 1. The summed E-state index contributed by atoms with van der Waals surface area (Å²) in [5.74, 6) is -0.475. The lowest BCUT2D eigenvalue weighted by Gasteiger charge is -2.34. The fourth-order valence-electron chi connectivity index (χ4n) is 4.58. The molecule has 0 bridgehead atoms. The molecule has 7 nitrogen and oxygen atoms in total. The molecule has 1 aromatic rings. The lowest BCUT2D eigenvalue weighted by Crippen LogP contribution is -2.47. The summed E-state index contributed by atoms with van der Waals surface area (Å²) in [6, 6.07) is 3.67. The van der Waals surface area contributed by atoms with Crippen molar-refractivity contribution in [1.29, 1.82) is 5.41 Å². The zero-order valence-electron chi connectivity index (χ0n) is 20.1. The number of benzene rings is 1. The van der Waals surface area contributed by atoms with Gasteiger partial charge in [-0.3, -0.25) is 4.79 Å². The third kappa shape index (κ3) is 5.41. The highest BCUT2D eigenvalue weighted by atomic mass is 35.5. The van der Waals surface area contributed by atoms with E-state index >= 15 is 0 Å². The Labute approximate surface area is 209 Å². The van der Waals surface area contributed by atoms with Crippen molar-refractivity contribution in [3.8, 4) is 5.75 Å². The van der Waals surface area contributed by atoms with E-state index in [1.54, 1.807) is 6.92 Å². The first-order chi connectivity index (χ1) is 16.7. The maximum absolute atomic E-state index is 14.8. The maximum Gasteiger partial charge on any atom is 0.258 e. The van der Waals surface area contributed by atoms with Gasteiger partial charge in [-0.05, 0) is 45.4 Å². The molecule has 3 aliphatic heterocycles. The normalized spacial score (nSPS) is 25.6. The molecule has 2 saturated heterocycles. The van der Waals surface area contributed by atoms with Crippen LogP contribution in [-0.2, 0) is 0 Å². The average Bonchev–Trinajstić information content (AvgIpc) is 3.20. The second kappa shape index (κ2) is 10.5. The minimum absolute atomic E-state index is 0.0226. The molecule has 0 aromatic heterocycles. The second-order valence-corrected chi connectivity index (χ2v) is 9.51. The summed E-state index contributed by atoms with van der Waals surface area (Å²) in [7, 11) is 0. The number of nitrogens with one attached hydrogen (secondary N) is 2. The zero-order valence-corrected chi connectivity index (χ0v) is 20.9. The standard InChI is InChI=1S/C25H30ClF2N5O2/c1-4-8-32-9-7-21(19(28)12-32)35-22-10-16(27)5-6-17(22)25(34)33-11-18(20(29)13-33)24-30-14(2)23(26)15(3)31-24/h5-6,10,19,21,29-30H,4,7-9,11-13H2,1-3H3/b24-18+,29-20?/t19-,21-/m1/s1. The molecular formula is C25H30ClF2N5O2. The van der Waals surface area contributed by atoms with Crippen molar-refractivity contribution in [1.82, 2.24) is 15.1 Å². The largest absolute Gasteiger partial charge is 0.486 e. The summed E-state index contributed by atoms with van der Waals surface area (Å²) in [5, 5.41) is 12.0. The molecule has 1 aromatic carbocycles. The molecule has 3 heterocycles. The molecule has 4 rings (SSSR count). The molecular weight excluding hydrogens is 476 g/mol. The van der Waals surface area contributed by atoms with E-state index in [1.807, 2.05) is 18.7 Å². The highest BCUT2D eigenvalue weighted by Gasteiger charge is 2.34. The van der Waals surface area contributed by atoms with Crippen LogP contribution in [0.5, 0.6) is 5.75 Å². The predicted octanol–water partition coefficient (Wildman–Crippen LogP) is 4.25. The number of amides is 1. The Morgan fingerprint density at radius 1 is 1.34 bits per heavy atom. The van der Waals surface area contributed by atoms with Gasteiger partial charge in [-0.25, -0.2) is 13.8 Å². The highest BCUT2D eigenvalue weighted by Crippen LogP contribution is 2.29. The smallest absolute Gasteiger partial charge is 0.258 e. The number of carbonyl (C=O) groups excluding carboxylic acids is 1. The summed E-state index contributed by atoms with van der Waals surface area (Å²) in [4.78, 5) is 21.4. The number of nitrogens with zero attached hydrogens (tertiary/aromatic N) is 3. The van der Waals surface area contributed by atoms with Crippen molar-refractivity contribution < 1.29 is 18.3 Å². The molecule has 188 valence electrons. The Hall–Kier alpha value is -2.78. The number of alkyl halides is 1. The SMILES string of the molecule is CCCN1CC[C@@H](Oc2cc(F)ccc2C(=O)N2CC(=N)/C(=C3/N=C(C)C(Cl)=C(C)N3)C2)[C@H](F)C1. The van der Waals surface area contributed by atoms with E-state index < -0.39 is 24.0 Å². The van der Waals surface area contributed by atoms with Crippen LogP contribution in [0.15, 0.2) is 45.3 Å². The summed E-state index contributed by atoms with van der Waals surface area (Å²) < 4.78 is 34.8. The Balaban J connectivity index is 1.53. The number of carbonyl (C=O) groups is 1. The second-order valence-electron chi connectivity index (χ2n) is 9.13. The lowest BCUT2D eigenvalue weighted by molar-refractivity contribution is 0.0212. The van der Waals surface area contributed by atoms with E-state index in [0.717, 1.165) is 24.7 Å². The van der Waals surface area contributed by atoms with Crippen LogP contribution in [0.2, 0.25) is 0 Å². The Kier molecular flexibility index (Phi) is 7.56. The number of aliphatic imine (C=N–C) groups is 1. The van der Waals surface area contributed by atoms with Crippen molar-refractivity contribution >= 4 is 28.9 Å². The first kappa shape index (κ1) is 25.3. The van der Waals surface area contributed by atoms with Gasteiger partial charge in [0.05, 0.1) is 35.1 Å². The van der Waals surface area contributed by atoms with Gasteiger partial charge < -0.3 is 25.3 Å². The van der Waals surface area contributed by atoms with Crippen molar-refractivity contribution in [3.05, 3.63) is 51.7 Å². The van der Waals surface area contributed by atoms with Gasteiger partial charge in [-0.1, -0.05) is 18.5 Å². The number of ether oxygens (including phenoxy) is 1. The highest BCUT2D eigenvalue weighted by molar-refractivity contribution is 6.43. The first-order valence-corrected chi connectivity index (χ1v) is 12.2. The van der Waals surface area contributed by atoms with Gasteiger partial charge >= 0.3 is 0 Å². The number of allylic oxidation sites excluding steroid dienone is 2. The number of halogens is 3. The monoisotopic (exact) mass is 505 g/mol. The van der Waals surface area contributed by atoms with E-state index in [1.165, 1.54) is 17.0 Å². The van der Waals surface area contributed by atoms with Crippen LogP contribution in [0.3, 0.4) is 0 Å². The summed E-state index contributed by atoms with van der Waals surface area (Å²) in [6.07, 6.45) is -0.602. The Morgan fingerprint density at radius 3 is 2.80 bits per heavy atom. The topological polar surface area (TPSA) is 81.0 Å². The molecule has 0 aliphatic carbocycles. The third-order valence-electron chi connectivity index (χ3n) is 6.43. The molecule has 3 aliphatic rings. The van der Waals surface area contributed by atoms with Gasteiger partial charge in [0.25, 0.3) is 5.91 Å². The minimum atomic E-state index is -1.24. The van der Waals surface area contributed by atoms with Gasteiger partial charge in [0.2, 0.25) is 0 Å². The maximum atomic E-state index is 14.8. The number of rotatable bonds is 5. The quantitative estimate of drug-likeness (QED) is 0.627. The van der Waals surface area contributed by atoms with E-state index in [2.05, 4.69) is 10.3 Å². The van der Waals surface area contributed by atoms with Crippen LogP contribution in [0.25, 0.3) is 0 Å².